The minimum Gasteiger partial charge on any atom is -0.346 e. The Balaban J connectivity index is 1.84. The first-order chi connectivity index (χ1) is 11.6. The van der Waals surface area contributed by atoms with Gasteiger partial charge in [-0.3, -0.25) is 9.48 Å². The number of nitrogens with one attached hydrogen (secondary N) is 2. The molecule has 0 saturated heterocycles. The fraction of sp³-hybridized carbons (Fsp3) is 0.176. The van der Waals surface area contributed by atoms with Crippen LogP contribution >= 0.6 is 0 Å². The van der Waals surface area contributed by atoms with Crippen molar-refractivity contribution in [2.24, 2.45) is 7.05 Å². The number of amides is 1. The molecule has 1 amide bonds. The van der Waals surface area contributed by atoms with Crippen LogP contribution in [-0.4, -0.2) is 25.7 Å². The quantitative estimate of drug-likeness (QED) is 0.772. The van der Waals surface area contributed by atoms with E-state index < -0.39 is 0 Å². The number of nitrogens with zero attached hydrogens (tertiary/aromatic N) is 4. The summed E-state index contributed by atoms with van der Waals surface area (Å²) in [4.78, 5) is 21.3. The number of fused-ring (bicyclic) bond motifs is 1. The second-order valence-corrected chi connectivity index (χ2v) is 5.74. The van der Waals surface area contributed by atoms with Crippen LogP contribution in [0.5, 0.6) is 0 Å². The SMILES string of the molecule is Cc1ccccc1Nc1nc(-c2cnn(C)c2)nc2c1C(=O)NC2. The third-order valence-electron chi connectivity index (χ3n) is 3.99. The van der Waals surface area contributed by atoms with E-state index in [1.54, 1.807) is 10.9 Å². The summed E-state index contributed by atoms with van der Waals surface area (Å²) in [5, 5.41) is 10.3. The van der Waals surface area contributed by atoms with Crippen molar-refractivity contribution < 1.29 is 4.79 Å². The zero-order chi connectivity index (χ0) is 16.7. The van der Waals surface area contributed by atoms with Gasteiger partial charge in [-0.25, -0.2) is 9.97 Å². The number of aryl methyl sites for hydroxylation is 2. The van der Waals surface area contributed by atoms with E-state index in [9.17, 15) is 4.79 Å². The van der Waals surface area contributed by atoms with Gasteiger partial charge >= 0.3 is 0 Å². The highest BCUT2D eigenvalue weighted by molar-refractivity contribution is 6.03. The standard InChI is InChI=1S/C17H16N6O/c1-10-5-3-4-6-12(10)20-16-14-13(8-18-17(14)24)21-15(22-16)11-7-19-23(2)9-11/h3-7,9H,8H2,1-2H3,(H,18,24)(H,20,21,22). The number of carbonyl (C=O) groups excluding carboxylic acids is 1. The second-order valence-electron chi connectivity index (χ2n) is 5.74. The molecule has 3 aromatic rings. The lowest BCUT2D eigenvalue weighted by molar-refractivity contribution is 0.0966. The van der Waals surface area contributed by atoms with Crippen molar-refractivity contribution in [1.82, 2.24) is 25.1 Å². The Kier molecular flexibility index (Phi) is 3.26. The minimum atomic E-state index is -0.154. The van der Waals surface area contributed by atoms with E-state index in [4.69, 9.17) is 0 Å². The van der Waals surface area contributed by atoms with Gasteiger partial charge in [0.15, 0.2) is 5.82 Å². The summed E-state index contributed by atoms with van der Waals surface area (Å²) in [7, 11) is 1.84. The molecule has 4 rings (SSSR count). The lowest BCUT2D eigenvalue weighted by Gasteiger charge is -2.12. The van der Waals surface area contributed by atoms with Gasteiger partial charge in [-0.05, 0) is 18.6 Å². The third-order valence-corrected chi connectivity index (χ3v) is 3.99. The molecule has 2 aromatic heterocycles. The Hall–Kier alpha value is -3.22. The molecule has 2 N–H and O–H groups in total. The van der Waals surface area contributed by atoms with Crippen molar-refractivity contribution >= 4 is 17.4 Å². The molecule has 0 atom stereocenters. The number of para-hydroxylation sites is 1. The van der Waals surface area contributed by atoms with Crippen molar-refractivity contribution in [3.63, 3.8) is 0 Å². The Morgan fingerprint density at radius 2 is 2.08 bits per heavy atom. The number of carbonyl (C=O) groups is 1. The van der Waals surface area contributed by atoms with E-state index in [2.05, 4.69) is 25.7 Å². The maximum Gasteiger partial charge on any atom is 0.257 e. The molecule has 120 valence electrons. The average Bonchev–Trinajstić information content (AvgIpc) is 3.16. The van der Waals surface area contributed by atoms with Gasteiger partial charge in [0.2, 0.25) is 0 Å². The molecule has 0 fully saturated rings. The Bertz CT molecular complexity index is 946. The summed E-state index contributed by atoms with van der Waals surface area (Å²) < 4.78 is 1.70. The largest absolute Gasteiger partial charge is 0.346 e. The van der Waals surface area contributed by atoms with Gasteiger partial charge in [0, 0.05) is 18.9 Å². The zero-order valence-corrected chi connectivity index (χ0v) is 13.4. The number of benzene rings is 1. The molecule has 0 saturated carbocycles. The highest BCUT2D eigenvalue weighted by atomic mass is 16.2. The fourth-order valence-electron chi connectivity index (χ4n) is 2.72. The molecule has 0 radical (unpaired) electrons. The molecular formula is C17H16N6O. The van der Waals surface area contributed by atoms with E-state index >= 15 is 0 Å². The van der Waals surface area contributed by atoms with E-state index in [-0.39, 0.29) is 5.91 Å². The lowest BCUT2D eigenvalue weighted by Crippen LogP contribution is -2.14. The first-order valence-corrected chi connectivity index (χ1v) is 7.62. The van der Waals surface area contributed by atoms with Crippen LogP contribution in [0.3, 0.4) is 0 Å². The summed E-state index contributed by atoms with van der Waals surface area (Å²) in [6.07, 6.45) is 3.56. The minimum absolute atomic E-state index is 0.154. The van der Waals surface area contributed by atoms with Crippen LogP contribution in [0, 0.1) is 6.92 Å². The molecule has 0 bridgehead atoms. The normalized spacial score (nSPS) is 12.8. The molecule has 1 aromatic carbocycles. The van der Waals surface area contributed by atoms with Crippen LogP contribution < -0.4 is 10.6 Å². The average molecular weight is 320 g/mol. The van der Waals surface area contributed by atoms with Crippen molar-refractivity contribution in [3.05, 3.63) is 53.5 Å². The smallest absolute Gasteiger partial charge is 0.257 e. The number of hydrogen-bond donors (Lipinski definition) is 2. The third kappa shape index (κ3) is 2.40. The first kappa shape index (κ1) is 14.4. The molecule has 1 aliphatic heterocycles. The number of aromatic nitrogens is 4. The molecule has 0 aliphatic carbocycles. The van der Waals surface area contributed by atoms with Crippen molar-refractivity contribution in [2.45, 2.75) is 13.5 Å². The Morgan fingerprint density at radius 3 is 2.83 bits per heavy atom. The molecule has 24 heavy (non-hydrogen) atoms. The summed E-state index contributed by atoms with van der Waals surface area (Å²) in [6, 6.07) is 7.88. The Labute approximate surface area is 138 Å². The Morgan fingerprint density at radius 1 is 1.25 bits per heavy atom. The maximum atomic E-state index is 12.2. The zero-order valence-electron chi connectivity index (χ0n) is 13.4. The highest BCUT2D eigenvalue weighted by Crippen LogP contribution is 2.28. The van der Waals surface area contributed by atoms with Gasteiger partial charge in [-0.1, -0.05) is 18.2 Å². The lowest BCUT2D eigenvalue weighted by atomic mass is 10.1. The number of anilines is 2. The van der Waals surface area contributed by atoms with Crippen LogP contribution in [-0.2, 0) is 13.6 Å². The van der Waals surface area contributed by atoms with Crippen molar-refractivity contribution in [2.75, 3.05) is 5.32 Å². The van der Waals surface area contributed by atoms with Gasteiger partial charge in [0.05, 0.1) is 24.0 Å². The summed E-state index contributed by atoms with van der Waals surface area (Å²) in [5.41, 5.74) is 4.00. The predicted molar refractivity (Wildman–Crippen MR) is 89.9 cm³/mol. The highest BCUT2D eigenvalue weighted by Gasteiger charge is 2.27. The molecule has 0 spiro atoms. The molecule has 7 nitrogen and oxygen atoms in total. The topological polar surface area (TPSA) is 84.7 Å². The van der Waals surface area contributed by atoms with Crippen molar-refractivity contribution in [3.8, 4) is 11.4 Å². The van der Waals surface area contributed by atoms with Crippen LogP contribution in [0.1, 0.15) is 21.6 Å². The van der Waals surface area contributed by atoms with Crippen LogP contribution in [0.15, 0.2) is 36.7 Å². The van der Waals surface area contributed by atoms with E-state index in [0.717, 1.165) is 16.8 Å². The number of hydrogen-bond acceptors (Lipinski definition) is 5. The molecule has 3 heterocycles. The summed E-state index contributed by atoms with van der Waals surface area (Å²) in [6.45, 7) is 2.41. The van der Waals surface area contributed by atoms with Crippen LogP contribution in [0.2, 0.25) is 0 Å². The van der Waals surface area contributed by atoms with Gasteiger partial charge in [-0.15, -0.1) is 0 Å². The van der Waals surface area contributed by atoms with Crippen LogP contribution in [0.25, 0.3) is 11.4 Å². The van der Waals surface area contributed by atoms with Gasteiger partial charge in [-0.2, -0.15) is 5.10 Å². The molecule has 7 heteroatoms. The molecule has 1 aliphatic rings. The second kappa shape index (κ2) is 5.45. The van der Waals surface area contributed by atoms with E-state index in [1.807, 2.05) is 44.4 Å². The molecule has 0 unspecified atom stereocenters. The van der Waals surface area contributed by atoms with E-state index in [0.29, 0.717) is 29.4 Å². The van der Waals surface area contributed by atoms with Gasteiger partial charge < -0.3 is 10.6 Å². The van der Waals surface area contributed by atoms with Gasteiger partial charge in [0.25, 0.3) is 5.91 Å². The van der Waals surface area contributed by atoms with Crippen LogP contribution in [0.4, 0.5) is 11.5 Å². The first-order valence-electron chi connectivity index (χ1n) is 7.62. The summed E-state index contributed by atoms with van der Waals surface area (Å²) >= 11 is 0. The van der Waals surface area contributed by atoms with Gasteiger partial charge in [0.1, 0.15) is 11.4 Å². The van der Waals surface area contributed by atoms with E-state index in [1.165, 1.54) is 0 Å². The monoisotopic (exact) mass is 320 g/mol. The number of rotatable bonds is 3. The van der Waals surface area contributed by atoms with Crippen molar-refractivity contribution in [1.29, 1.82) is 0 Å². The maximum absolute atomic E-state index is 12.2. The fourth-order valence-corrected chi connectivity index (χ4v) is 2.72. The summed E-state index contributed by atoms with van der Waals surface area (Å²) in [5.74, 6) is 0.913. The predicted octanol–water partition coefficient (Wildman–Crippen LogP) is 2.17. The molecular weight excluding hydrogens is 304 g/mol.